The van der Waals surface area contributed by atoms with E-state index in [1.165, 1.54) is 13.3 Å². The molecule has 166 valence electrons. The molecule has 1 amide bonds. The number of hydrogen-bond acceptors (Lipinski definition) is 6. The van der Waals surface area contributed by atoms with E-state index in [9.17, 15) is 4.79 Å². The van der Waals surface area contributed by atoms with Gasteiger partial charge in [0.15, 0.2) is 23.0 Å². The van der Waals surface area contributed by atoms with Crippen LogP contribution in [-0.2, 0) is 6.61 Å². The Bertz CT molecular complexity index is 1100. The van der Waals surface area contributed by atoms with Crippen LogP contribution in [0.15, 0.2) is 65.8 Å². The Morgan fingerprint density at radius 2 is 1.69 bits per heavy atom. The number of nitrogens with one attached hydrogen (secondary N) is 1. The van der Waals surface area contributed by atoms with E-state index in [4.69, 9.17) is 18.9 Å². The van der Waals surface area contributed by atoms with Gasteiger partial charge in [-0.1, -0.05) is 30.3 Å². The highest BCUT2D eigenvalue weighted by Crippen LogP contribution is 2.33. The molecule has 0 aliphatic heterocycles. The van der Waals surface area contributed by atoms with Gasteiger partial charge in [-0.2, -0.15) is 5.10 Å². The minimum atomic E-state index is -0.371. The summed E-state index contributed by atoms with van der Waals surface area (Å²) in [5, 5.41) is 4.05. The third-order valence-corrected chi connectivity index (χ3v) is 5.30. The standard InChI is InChI=1S/C24H23IN2O5/c1-29-21-13-18(9-10-20(21)32-15-16-7-5-4-6-8-16)24(28)27-26-14-17-11-19(25)23(31-3)22(12-17)30-2/h4-14H,15H2,1-3H3,(H,27,28)/b26-14+. The fourth-order valence-corrected chi connectivity index (χ4v) is 3.75. The summed E-state index contributed by atoms with van der Waals surface area (Å²) in [6.45, 7) is 0.400. The summed E-state index contributed by atoms with van der Waals surface area (Å²) < 4.78 is 22.8. The molecule has 0 unspecified atom stereocenters. The van der Waals surface area contributed by atoms with Crippen LogP contribution in [0.4, 0.5) is 0 Å². The molecule has 0 bridgehead atoms. The fraction of sp³-hybridized carbons (Fsp3) is 0.167. The molecule has 0 aromatic heterocycles. The molecule has 0 saturated carbocycles. The highest BCUT2D eigenvalue weighted by molar-refractivity contribution is 14.1. The third kappa shape index (κ3) is 5.91. The number of carbonyl (C=O) groups is 1. The van der Waals surface area contributed by atoms with E-state index in [0.29, 0.717) is 35.2 Å². The molecule has 3 aromatic rings. The SMILES string of the molecule is COc1cc(C(=O)N/N=C/c2cc(I)c(OC)c(OC)c2)ccc1OCc1ccccc1. The molecule has 0 saturated heterocycles. The zero-order valence-electron chi connectivity index (χ0n) is 17.9. The Labute approximate surface area is 200 Å². The van der Waals surface area contributed by atoms with Crippen LogP contribution in [0, 0.1) is 3.57 Å². The van der Waals surface area contributed by atoms with Gasteiger partial charge in [0, 0.05) is 5.56 Å². The van der Waals surface area contributed by atoms with Gasteiger partial charge in [0.2, 0.25) is 0 Å². The lowest BCUT2D eigenvalue weighted by Gasteiger charge is -2.12. The van der Waals surface area contributed by atoms with Crippen molar-refractivity contribution in [3.8, 4) is 23.0 Å². The maximum atomic E-state index is 12.5. The molecule has 0 aliphatic rings. The number of ether oxygens (including phenoxy) is 4. The van der Waals surface area contributed by atoms with Crippen molar-refractivity contribution in [1.29, 1.82) is 0 Å². The molecule has 0 atom stereocenters. The molecule has 8 heteroatoms. The van der Waals surface area contributed by atoms with Crippen LogP contribution in [0.25, 0.3) is 0 Å². The lowest BCUT2D eigenvalue weighted by Crippen LogP contribution is -2.17. The van der Waals surface area contributed by atoms with Crippen LogP contribution in [0.1, 0.15) is 21.5 Å². The van der Waals surface area contributed by atoms with Crippen molar-refractivity contribution < 1.29 is 23.7 Å². The first-order valence-corrected chi connectivity index (χ1v) is 10.7. The quantitative estimate of drug-likeness (QED) is 0.240. The van der Waals surface area contributed by atoms with E-state index in [1.807, 2.05) is 36.4 Å². The zero-order valence-corrected chi connectivity index (χ0v) is 20.1. The summed E-state index contributed by atoms with van der Waals surface area (Å²) in [6.07, 6.45) is 1.54. The van der Waals surface area contributed by atoms with E-state index in [1.54, 1.807) is 38.5 Å². The molecule has 32 heavy (non-hydrogen) atoms. The van der Waals surface area contributed by atoms with Crippen molar-refractivity contribution >= 4 is 34.7 Å². The molecule has 1 N–H and O–H groups in total. The van der Waals surface area contributed by atoms with Crippen LogP contribution < -0.4 is 24.4 Å². The lowest BCUT2D eigenvalue weighted by atomic mass is 10.2. The first-order chi connectivity index (χ1) is 15.5. The van der Waals surface area contributed by atoms with Gasteiger partial charge in [0.05, 0.1) is 31.1 Å². The monoisotopic (exact) mass is 546 g/mol. The lowest BCUT2D eigenvalue weighted by molar-refractivity contribution is 0.0954. The van der Waals surface area contributed by atoms with Crippen molar-refractivity contribution in [2.75, 3.05) is 21.3 Å². The maximum Gasteiger partial charge on any atom is 0.271 e. The highest BCUT2D eigenvalue weighted by Gasteiger charge is 2.12. The zero-order chi connectivity index (χ0) is 22.9. The van der Waals surface area contributed by atoms with E-state index < -0.39 is 0 Å². The Balaban J connectivity index is 1.66. The summed E-state index contributed by atoms with van der Waals surface area (Å²) in [4.78, 5) is 12.5. The predicted octanol–water partition coefficient (Wildman–Crippen LogP) is 4.66. The summed E-state index contributed by atoms with van der Waals surface area (Å²) in [5.41, 5.74) is 4.71. The number of carbonyl (C=O) groups excluding carboxylic acids is 1. The first kappa shape index (κ1) is 23.4. The van der Waals surface area contributed by atoms with Gasteiger partial charge in [0.1, 0.15) is 6.61 Å². The second-order valence-electron chi connectivity index (χ2n) is 6.58. The van der Waals surface area contributed by atoms with Crippen LogP contribution >= 0.6 is 22.6 Å². The molecule has 7 nitrogen and oxygen atoms in total. The number of amides is 1. The Hall–Kier alpha value is -3.27. The fourth-order valence-electron chi connectivity index (χ4n) is 2.91. The molecule has 0 heterocycles. The molecule has 0 radical (unpaired) electrons. The first-order valence-electron chi connectivity index (χ1n) is 9.65. The summed E-state index contributed by atoms with van der Waals surface area (Å²) in [5.74, 6) is 1.88. The number of benzene rings is 3. The largest absolute Gasteiger partial charge is 0.493 e. The van der Waals surface area contributed by atoms with E-state index in [-0.39, 0.29) is 5.91 Å². The smallest absolute Gasteiger partial charge is 0.271 e. The van der Waals surface area contributed by atoms with Gasteiger partial charge in [0.25, 0.3) is 5.91 Å². The van der Waals surface area contributed by atoms with Crippen molar-refractivity contribution in [2.24, 2.45) is 5.10 Å². The molecular formula is C24H23IN2O5. The number of nitrogens with zero attached hydrogens (tertiary/aromatic N) is 1. The minimum absolute atomic E-state index is 0.371. The molecule has 0 spiro atoms. The number of hydrazone groups is 1. The second-order valence-corrected chi connectivity index (χ2v) is 7.74. The maximum absolute atomic E-state index is 12.5. The molecule has 0 fully saturated rings. The third-order valence-electron chi connectivity index (χ3n) is 4.50. The average molecular weight is 546 g/mol. The predicted molar refractivity (Wildman–Crippen MR) is 131 cm³/mol. The van der Waals surface area contributed by atoms with Crippen molar-refractivity contribution in [3.63, 3.8) is 0 Å². The van der Waals surface area contributed by atoms with Crippen molar-refractivity contribution in [1.82, 2.24) is 5.43 Å². The number of halogens is 1. The molecule has 3 rings (SSSR count). The van der Waals surface area contributed by atoms with Gasteiger partial charge in [-0.05, 0) is 64.0 Å². The number of rotatable bonds is 9. The van der Waals surface area contributed by atoms with Gasteiger partial charge >= 0.3 is 0 Å². The summed E-state index contributed by atoms with van der Waals surface area (Å²) in [7, 11) is 4.68. The van der Waals surface area contributed by atoms with E-state index in [0.717, 1.165) is 14.7 Å². The van der Waals surface area contributed by atoms with Crippen LogP contribution in [0.3, 0.4) is 0 Å². The van der Waals surface area contributed by atoms with Gasteiger partial charge in [-0.15, -0.1) is 0 Å². The Kier molecular flexibility index (Phi) is 8.32. The minimum Gasteiger partial charge on any atom is -0.493 e. The van der Waals surface area contributed by atoms with E-state index >= 15 is 0 Å². The summed E-state index contributed by atoms with van der Waals surface area (Å²) >= 11 is 2.15. The highest BCUT2D eigenvalue weighted by atomic mass is 127. The van der Waals surface area contributed by atoms with Gasteiger partial charge in [-0.3, -0.25) is 4.79 Å². The van der Waals surface area contributed by atoms with Crippen molar-refractivity contribution in [3.05, 3.63) is 80.9 Å². The van der Waals surface area contributed by atoms with Gasteiger partial charge in [-0.25, -0.2) is 5.43 Å². The van der Waals surface area contributed by atoms with Crippen LogP contribution in [0.2, 0.25) is 0 Å². The molecule has 3 aromatic carbocycles. The van der Waals surface area contributed by atoms with Crippen molar-refractivity contribution in [2.45, 2.75) is 6.61 Å². The van der Waals surface area contributed by atoms with Crippen LogP contribution in [-0.4, -0.2) is 33.5 Å². The topological polar surface area (TPSA) is 78.4 Å². The Morgan fingerprint density at radius 3 is 2.38 bits per heavy atom. The average Bonchev–Trinajstić information content (AvgIpc) is 2.82. The normalized spacial score (nSPS) is 10.6. The number of methoxy groups -OCH3 is 3. The van der Waals surface area contributed by atoms with E-state index in [2.05, 4.69) is 33.1 Å². The van der Waals surface area contributed by atoms with Crippen LogP contribution in [0.5, 0.6) is 23.0 Å². The summed E-state index contributed by atoms with van der Waals surface area (Å²) in [6, 6.07) is 18.4. The molecule has 0 aliphatic carbocycles. The second kappa shape index (κ2) is 11.4. The molecular weight excluding hydrogens is 523 g/mol. The Morgan fingerprint density at radius 1 is 0.938 bits per heavy atom. The number of hydrogen-bond donors (Lipinski definition) is 1. The van der Waals surface area contributed by atoms with Gasteiger partial charge < -0.3 is 18.9 Å².